The molecule has 0 spiro atoms. The van der Waals surface area contributed by atoms with Gasteiger partial charge in [-0.15, -0.1) is 0 Å². The lowest BCUT2D eigenvalue weighted by atomic mass is 10.0. The minimum Gasteiger partial charge on any atom is -0.481 e. The van der Waals surface area contributed by atoms with E-state index >= 15 is 0 Å². The van der Waals surface area contributed by atoms with E-state index in [4.69, 9.17) is 16.7 Å². The van der Waals surface area contributed by atoms with Crippen LogP contribution in [0.25, 0.3) is 10.9 Å². The van der Waals surface area contributed by atoms with Gasteiger partial charge in [-0.1, -0.05) is 30.7 Å². The Morgan fingerprint density at radius 3 is 3.06 bits per heavy atom. The van der Waals surface area contributed by atoms with Gasteiger partial charge in [0.25, 0.3) is 0 Å². The second kappa shape index (κ2) is 4.14. The summed E-state index contributed by atoms with van der Waals surface area (Å²) in [5.41, 5.74) is 1.50. The largest absolute Gasteiger partial charge is 0.481 e. The first-order valence-corrected chi connectivity index (χ1v) is 5.31. The van der Waals surface area contributed by atoms with E-state index in [1.165, 1.54) is 0 Å². The van der Waals surface area contributed by atoms with E-state index in [0.717, 1.165) is 11.1 Å². The van der Waals surface area contributed by atoms with Gasteiger partial charge in [0.05, 0.1) is 10.9 Å². The van der Waals surface area contributed by atoms with E-state index in [9.17, 15) is 4.79 Å². The summed E-state index contributed by atoms with van der Waals surface area (Å²) in [5, 5.41) is 17.2. The summed E-state index contributed by atoms with van der Waals surface area (Å²) in [7, 11) is 0. The molecule has 0 saturated carbocycles. The lowest BCUT2D eigenvalue weighted by molar-refractivity contribution is -0.141. The zero-order chi connectivity index (χ0) is 11.7. The van der Waals surface area contributed by atoms with Crippen LogP contribution in [0.5, 0.6) is 0 Å². The van der Waals surface area contributed by atoms with Gasteiger partial charge in [0.15, 0.2) is 0 Å². The van der Waals surface area contributed by atoms with Crippen LogP contribution in [0.3, 0.4) is 0 Å². The first kappa shape index (κ1) is 11.0. The minimum atomic E-state index is -0.815. The Kier molecular flexibility index (Phi) is 2.83. The fourth-order valence-corrected chi connectivity index (χ4v) is 1.82. The van der Waals surface area contributed by atoms with Gasteiger partial charge >= 0.3 is 5.97 Å². The summed E-state index contributed by atoms with van der Waals surface area (Å²) in [6.07, 6.45) is 0.423. The van der Waals surface area contributed by atoms with Crippen molar-refractivity contribution in [2.24, 2.45) is 5.92 Å². The maximum atomic E-state index is 10.8. The van der Waals surface area contributed by atoms with Crippen LogP contribution < -0.4 is 0 Å². The van der Waals surface area contributed by atoms with Crippen molar-refractivity contribution >= 4 is 28.5 Å². The Morgan fingerprint density at radius 1 is 1.62 bits per heavy atom. The third kappa shape index (κ3) is 1.88. The Morgan fingerprint density at radius 2 is 2.38 bits per heavy atom. The van der Waals surface area contributed by atoms with Gasteiger partial charge in [0.1, 0.15) is 5.52 Å². The molecule has 0 fully saturated rings. The van der Waals surface area contributed by atoms with E-state index in [0.29, 0.717) is 17.0 Å². The molecule has 1 unspecified atom stereocenters. The second-order valence-electron chi connectivity index (χ2n) is 3.78. The van der Waals surface area contributed by atoms with E-state index in [1.807, 2.05) is 12.1 Å². The van der Waals surface area contributed by atoms with Crippen LogP contribution in [-0.4, -0.2) is 21.3 Å². The third-order valence-corrected chi connectivity index (χ3v) is 2.85. The molecule has 16 heavy (non-hydrogen) atoms. The van der Waals surface area contributed by atoms with Crippen LogP contribution in [0.1, 0.15) is 12.6 Å². The third-order valence-electron chi connectivity index (χ3n) is 2.55. The summed E-state index contributed by atoms with van der Waals surface area (Å²) in [6, 6.07) is 5.47. The fraction of sp³-hybridized carbons (Fsp3) is 0.273. The number of fused-ring (bicyclic) bond motifs is 1. The van der Waals surface area contributed by atoms with Crippen molar-refractivity contribution in [3.05, 3.63) is 28.9 Å². The zero-order valence-electron chi connectivity index (χ0n) is 8.70. The molecule has 0 radical (unpaired) electrons. The molecule has 2 rings (SSSR count). The predicted octanol–water partition coefficient (Wildman–Crippen LogP) is 2.48. The second-order valence-corrected chi connectivity index (χ2v) is 4.19. The number of nitrogens with one attached hydrogen (secondary N) is 1. The highest BCUT2D eigenvalue weighted by atomic mass is 35.5. The average Bonchev–Trinajstić information content (AvgIpc) is 2.63. The number of H-pyrrole nitrogens is 1. The van der Waals surface area contributed by atoms with E-state index in [-0.39, 0.29) is 0 Å². The number of aliphatic carboxylic acids is 1. The standard InChI is InChI=1S/C11H11ClN2O2/c1-6(11(15)16)5-9-7-3-2-4-8(12)10(7)14-13-9/h2-4,6H,5H2,1H3,(H,13,14)(H,15,16). The molecule has 1 aromatic heterocycles. The van der Waals surface area contributed by atoms with Crippen LogP contribution in [0.4, 0.5) is 0 Å². The summed E-state index contributed by atoms with van der Waals surface area (Å²) in [4.78, 5) is 10.8. The molecule has 0 bridgehead atoms. The number of carbonyl (C=O) groups is 1. The number of hydrogen-bond donors (Lipinski definition) is 2. The smallest absolute Gasteiger partial charge is 0.306 e. The van der Waals surface area contributed by atoms with Crippen LogP contribution in [0.15, 0.2) is 18.2 Å². The first-order chi connectivity index (χ1) is 7.59. The summed E-state index contributed by atoms with van der Waals surface area (Å²) >= 11 is 5.97. The molecule has 84 valence electrons. The number of halogens is 1. The molecule has 1 aromatic carbocycles. The molecule has 0 amide bonds. The summed E-state index contributed by atoms with van der Waals surface area (Å²) in [5.74, 6) is -1.26. The molecule has 0 aliphatic heterocycles. The van der Waals surface area contributed by atoms with E-state index in [1.54, 1.807) is 13.0 Å². The number of nitrogens with zero attached hydrogens (tertiary/aromatic N) is 1. The van der Waals surface area contributed by atoms with Gasteiger partial charge in [0, 0.05) is 17.5 Å². The van der Waals surface area contributed by atoms with Crippen molar-refractivity contribution in [3.8, 4) is 0 Å². The van der Waals surface area contributed by atoms with E-state index < -0.39 is 11.9 Å². The van der Waals surface area contributed by atoms with Crippen molar-refractivity contribution in [1.29, 1.82) is 0 Å². The number of carboxylic acids is 1. The minimum absolute atomic E-state index is 0.423. The Labute approximate surface area is 97.2 Å². The molecule has 2 aromatic rings. The zero-order valence-corrected chi connectivity index (χ0v) is 9.45. The number of hydrogen-bond acceptors (Lipinski definition) is 2. The maximum absolute atomic E-state index is 10.8. The van der Waals surface area contributed by atoms with Crippen LogP contribution in [0.2, 0.25) is 5.02 Å². The monoisotopic (exact) mass is 238 g/mol. The number of aromatic amines is 1. The Hall–Kier alpha value is -1.55. The molecule has 0 saturated heterocycles. The number of para-hydroxylation sites is 1. The molecule has 0 aliphatic rings. The Balaban J connectivity index is 2.39. The number of rotatable bonds is 3. The number of benzene rings is 1. The van der Waals surface area contributed by atoms with Gasteiger partial charge in [0.2, 0.25) is 0 Å². The van der Waals surface area contributed by atoms with Gasteiger partial charge in [-0.25, -0.2) is 0 Å². The average molecular weight is 239 g/mol. The maximum Gasteiger partial charge on any atom is 0.306 e. The molecule has 0 aliphatic carbocycles. The van der Waals surface area contributed by atoms with Crippen molar-refractivity contribution in [1.82, 2.24) is 10.2 Å². The molecular weight excluding hydrogens is 228 g/mol. The van der Waals surface area contributed by atoms with Gasteiger partial charge in [-0.05, 0) is 6.07 Å². The molecular formula is C11H11ClN2O2. The van der Waals surface area contributed by atoms with Gasteiger partial charge in [-0.3, -0.25) is 9.89 Å². The normalized spacial score (nSPS) is 12.9. The molecule has 1 atom stereocenters. The summed E-state index contributed by atoms with van der Waals surface area (Å²) < 4.78 is 0. The van der Waals surface area contributed by atoms with Gasteiger partial charge in [-0.2, -0.15) is 5.10 Å². The predicted molar refractivity (Wildman–Crippen MR) is 61.6 cm³/mol. The van der Waals surface area contributed by atoms with Gasteiger partial charge < -0.3 is 5.11 Å². The molecule has 2 N–H and O–H groups in total. The van der Waals surface area contributed by atoms with Crippen LogP contribution in [-0.2, 0) is 11.2 Å². The lowest BCUT2D eigenvalue weighted by Crippen LogP contribution is -2.12. The van der Waals surface area contributed by atoms with Crippen molar-refractivity contribution in [2.75, 3.05) is 0 Å². The van der Waals surface area contributed by atoms with E-state index in [2.05, 4.69) is 10.2 Å². The Bertz CT molecular complexity index is 536. The highest BCUT2D eigenvalue weighted by molar-refractivity contribution is 6.35. The molecule has 4 nitrogen and oxygen atoms in total. The molecule has 1 heterocycles. The van der Waals surface area contributed by atoms with Crippen LogP contribution in [0, 0.1) is 5.92 Å². The quantitative estimate of drug-likeness (QED) is 0.863. The highest BCUT2D eigenvalue weighted by Gasteiger charge is 2.15. The molecule has 5 heteroatoms. The van der Waals surface area contributed by atoms with Crippen molar-refractivity contribution in [2.45, 2.75) is 13.3 Å². The lowest BCUT2D eigenvalue weighted by Gasteiger charge is -2.03. The topological polar surface area (TPSA) is 66.0 Å². The fourth-order valence-electron chi connectivity index (χ4n) is 1.61. The SMILES string of the molecule is CC(Cc1[nH]nc2c(Cl)cccc12)C(=O)O. The van der Waals surface area contributed by atoms with Crippen molar-refractivity contribution in [3.63, 3.8) is 0 Å². The van der Waals surface area contributed by atoms with Crippen molar-refractivity contribution < 1.29 is 9.90 Å². The summed E-state index contributed by atoms with van der Waals surface area (Å²) in [6.45, 7) is 1.67. The number of aromatic nitrogens is 2. The van der Waals surface area contributed by atoms with Crippen LogP contribution >= 0.6 is 11.6 Å². The highest BCUT2D eigenvalue weighted by Crippen LogP contribution is 2.24. The number of carboxylic acid groups (broad SMARTS) is 1. The first-order valence-electron chi connectivity index (χ1n) is 4.94.